The number of methoxy groups -OCH3 is 1. The van der Waals surface area contributed by atoms with Crippen LogP contribution >= 0.6 is 27.3 Å². The molecule has 0 atom stereocenters. The largest absolute Gasteiger partial charge is 0.383 e. The third kappa shape index (κ3) is 2.55. The quantitative estimate of drug-likeness (QED) is 0.793. The van der Waals surface area contributed by atoms with E-state index in [9.17, 15) is 4.79 Å². The van der Waals surface area contributed by atoms with Gasteiger partial charge in [-0.3, -0.25) is 9.48 Å². The van der Waals surface area contributed by atoms with Crippen molar-refractivity contribution in [1.29, 1.82) is 0 Å². The molecule has 0 aliphatic rings. The molecule has 0 aromatic carbocycles. The zero-order valence-electron chi connectivity index (χ0n) is 10.1. The Morgan fingerprint density at radius 2 is 2.39 bits per heavy atom. The molecule has 4 nitrogen and oxygen atoms in total. The van der Waals surface area contributed by atoms with Crippen LogP contribution in [0.4, 0.5) is 0 Å². The predicted octanol–water partition coefficient (Wildman–Crippen LogP) is 2.89. The third-order valence-electron chi connectivity index (χ3n) is 2.59. The van der Waals surface area contributed by atoms with Crippen molar-refractivity contribution < 1.29 is 9.53 Å². The summed E-state index contributed by atoms with van der Waals surface area (Å²) in [7, 11) is 1.63. The number of ketones is 1. The Labute approximate surface area is 118 Å². The second kappa shape index (κ2) is 5.77. The van der Waals surface area contributed by atoms with E-state index in [1.165, 1.54) is 11.3 Å². The molecule has 6 heteroatoms. The van der Waals surface area contributed by atoms with Crippen LogP contribution in [0.1, 0.15) is 20.9 Å². The highest BCUT2D eigenvalue weighted by Crippen LogP contribution is 2.24. The van der Waals surface area contributed by atoms with Crippen molar-refractivity contribution in [3.63, 3.8) is 0 Å². The Kier molecular flexibility index (Phi) is 4.31. The Balaban J connectivity index is 2.35. The fourth-order valence-electron chi connectivity index (χ4n) is 1.65. The number of rotatable bonds is 5. The zero-order valence-corrected chi connectivity index (χ0v) is 12.5. The summed E-state index contributed by atoms with van der Waals surface area (Å²) in [5.41, 5.74) is 1.58. The van der Waals surface area contributed by atoms with Crippen LogP contribution in [0.3, 0.4) is 0 Å². The topological polar surface area (TPSA) is 44.1 Å². The van der Waals surface area contributed by atoms with Gasteiger partial charge in [-0.2, -0.15) is 5.10 Å². The second-order valence-electron chi connectivity index (χ2n) is 3.82. The van der Waals surface area contributed by atoms with E-state index in [0.29, 0.717) is 18.8 Å². The fourth-order valence-corrected chi connectivity index (χ4v) is 2.99. The highest BCUT2D eigenvalue weighted by Gasteiger charge is 2.21. The molecular weight excluding hydrogens is 316 g/mol. The van der Waals surface area contributed by atoms with E-state index in [1.54, 1.807) is 18.0 Å². The van der Waals surface area contributed by atoms with Gasteiger partial charge in [0.25, 0.3) is 0 Å². The van der Waals surface area contributed by atoms with Gasteiger partial charge in [0.1, 0.15) is 5.69 Å². The van der Waals surface area contributed by atoms with Crippen LogP contribution in [0.2, 0.25) is 0 Å². The number of halogens is 1. The molecule has 18 heavy (non-hydrogen) atoms. The van der Waals surface area contributed by atoms with Gasteiger partial charge in [0.2, 0.25) is 5.78 Å². The number of carbonyl (C=O) groups is 1. The van der Waals surface area contributed by atoms with Crippen LogP contribution < -0.4 is 0 Å². The lowest BCUT2D eigenvalue weighted by atomic mass is 10.2. The van der Waals surface area contributed by atoms with Crippen LogP contribution in [0.5, 0.6) is 0 Å². The normalized spacial score (nSPS) is 10.8. The molecule has 0 saturated carbocycles. The summed E-state index contributed by atoms with van der Waals surface area (Å²) < 4.78 is 7.41. The molecule has 2 aromatic heterocycles. The summed E-state index contributed by atoms with van der Waals surface area (Å²) in [6.45, 7) is 3.03. The first kappa shape index (κ1) is 13.5. The summed E-state index contributed by atoms with van der Waals surface area (Å²) in [5.74, 6) is 0.00276. The molecule has 0 radical (unpaired) electrons. The average molecular weight is 329 g/mol. The molecule has 0 amide bonds. The maximum absolute atomic E-state index is 12.5. The summed E-state index contributed by atoms with van der Waals surface area (Å²) in [6.07, 6.45) is 1.64. The molecule has 2 rings (SSSR count). The van der Waals surface area contributed by atoms with Crippen molar-refractivity contribution >= 4 is 33.0 Å². The highest BCUT2D eigenvalue weighted by atomic mass is 79.9. The van der Waals surface area contributed by atoms with Crippen LogP contribution in [-0.4, -0.2) is 29.3 Å². The number of nitrogens with zero attached hydrogens (tertiary/aromatic N) is 2. The Bertz CT molecular complexity index is 562. The standard InChI is InChI=1S/C12H13BrN2O2S/c1-8-3-6-18-12(8)11(16)10-9(13)7-14-15(10)4-5-17-2/h3,6-7H,4-5H2,1-2H3. The lowest BCUT2D eigenvalue weighted by molar-refractivity contribution is 0.102. The molecule has 0 fully saturated rings. The van der Waals surface area contributed by atoms with E-state index in [1.807, 2.05) is 18.4 Å². The summed E-state index contributed by atoms with van der Waals surface area (Å²) in [4.78, 5) is 13.2. The fraction of sp³-hybridized carbons (Fsp3) is 0.333. The number of hydrogen-bond donors (Lipinski definition) is 0. The summed E-state index contributed by atoms with van der Waals surface area (Å²) >= 11 is 4.83. The molecule has 0 unspecified atom stereocenters. The van der Waals surface area contributed by atoms with E-state index in [4.69, 9.17) is 4.74 Å². The average Bonchev–Trinajstić information content (AvgIpc) is 2.92. The van der Waals surface area contributed by atoms with Crippen LogP contribution in [0, 0.1) is 6.92 Å². The van der Waals surface area contributed by atoms with E-state index < -0.39 is 0 Å². The van der Waals surface area contributed by atoms with E-state index in [2.05, 4.69) is 21.0 Å². The van der Waals surface area contributed by atoms with Crippen molar-refractivity contribution in [3.05, 3.63) is 38.3 Å². The molecule has 0 bridgehead atoms. The van der Waals surface area contributed by atoms with Crippen LogP contribution in [0.25, 0.3) is 0 Å². The molecule has 0 saturated heterocycles. The van der Waals surface area contributed by atoms with Gasteiger partial charge in [-0.25, -0.2) is 0 Å². The van der Waals surface area contributed by atoms with Gasteiger partial charge in [0.15, 0.2) is 0 Å². The van der Waals surface area contributed by atoms with Gasteiger partial charge in [-0.1, -0.05) is 0 Å². The molecule has 0 aliphatic carbocycles. The number of aromatic nitrogens is 2. The van der Waals surface area contributed by atoms with Gasteiger partial charge in [-0.05, 0) is 39.9 Å². The first-order chi connectivity index (χ1) is 8.65. The van der Waals surface area contributed by atoms with Gasteiger partial charge >= 0.3 is 0 Å². The Hall–Kier alpha value is -0.980. The minimum Gasteiger partial charge on any atom is -0.383 e. The number of ether oxygens (including phenoxy) is 1. The van der Waals surface area contributed by atoms with Crippen molar-refractivity contribution in [2.75, 3.05) is 13.7 Å². The third-order valence-corrected chi connectivity index (χ3v) is 4.18. The number of hydrogen-bond acceptors (Lipinski definition) is 4. The maximum atomic E-state index is 12.5. The van der Waals surface area contributed by atoms with Crippen LogP contribution in [-0.2, 0) is 11.3 Å². The lowest BCUT2D eigenvalue weighted by Crippen LogP contribution is -2.14. The Morgan fingerprint density at radius 1 is 1.61 bits per heavy atom. The van der Waals surface area contributed by atoms with Crippen LogP contribution in [0.15, 0.2) is 22.1 Å². The zero-order chi connectivity index (χ0) is 13.1. The maximum Gasteiger partial charge on any atom is 0.222 e. The van der Waals surface area contributed by atoms with Crippen molar-refractivity contribution in [2.45, 2.75) is 13.5 Å². The first-order valence-electron chi connectivity index (χ1n) is 5.44. The smallest absolute Gasteiger partial charge is 0.222 e. The molecule has 2 aromatic rings. The van der Waals surface area contributed by atoms with E-state index >= 15 is 0 Å². The number of aryl methyl sites for hydroxylation is 1. The summed E-state index contributed by atoms with van der Waals surface area (Å²) in [6, 6.07) is 1.95. The second-order valence-corrected chi connectivity index (χ2v) is 5.59. The minimum atomic E-state index is 0.00276. The highest BCUT2D eigenvalue weighted by molar-refractivity contribution is 9.10. The predicted molar refractivity (Wildman–Crippen MR) is 74.3 cm³/mol. The van der Waals surface area contributed by atoms with Gasteiger partial charge < -0.3 is 4.74 Å². The molecule has 96 valence electrons. The van der Waals surface area contributed by atoms with Gasteiger partial charge in [-0.15, -0.1) is 11.3 Å². The number of thiophene rings is 1. The van der Waals surface area contributed by atoms with E-state index in [0.717, 1.165) is 14.9 Å². The molecule has 0 aliphatic heterocycles. The lowest BCUT2D eigenvalue weighted by Gasteiger charge is -2.06. The monoisotopic (exact) mass is 328 g/mol. The first-order valence-corrected chi connectivity index (χ1v) is 7.11. The van der Waals surface area contributed by atoms with Crippen molar-refractivity contribution in [1.82, 2.24) is 9.78 Å². The molecular formula is C12H13BrN2O2S. The minimum absolute atomic E-state index is 0.00276. The van der Waals surface area contributed by atoms with Crippen molar-refractivity contribution in [2.24, 2.45) is 0 Å². The van der Waals surface area contributed by atoms with E-state index in [-0.39, 0.29) is 5.78 Å². The number of carbonyl (C=O) groups excluding carboxylic acids is 1. The molecule has 0 spiro atoms. The van der Waals surface area contributed by atoms with Gasteiger partial charge in [0, 0.05) is 7.11 Å². The Morgan fingerprint density at radius 3 is 3.00 bits per heavy atom. The SMILES string of the molecule is COCCn1ncc(Br)c1C(=O)c1sccc1C. The molecule has 2 heterocycles. The summed E-state index contributed by atoms with van der Waals surface area (Å²) in [5, 5.41) is 6.11. The molecule has 0 N–H and O–H groups in total. The van der Waals surface area contributed by atoms with Crippen molar-refractivity contribution in [3.8, 4) is 0 Å². The van der Waals surface area contributed by atoms with Gasteiger partial charge in [0.05, 0.1) is 28.7 Å².